The van der Waals surface area contributed by atoms with Gasteiger partial charge in [0.2, 0.25) is 0 Å². The average Bonchev–Trinajstić information content (AvgIpc) is 2.67. The Labute approximate surface area is 102 Å². The molecule has 1 heterocycles. The smallest absolute Gasteiger partial charge is 0.145 e. The minimum absolute atomic E-state index is 0.401. The van der Waals surface area contributed by atoms with E-state index in [0.29, 0.717) is 27.3 Å². The molecule has 0 unspecified atom stereocenters. The third kappa shape index (κ3) is 1.94. The fraction of sp³-hybridized carbons (Fsp3) is 0.100. The standard InChI is InChI=1S/C10H9Cl2N3O/c1-16-9-3-6(11)5(2-7(9)12)8-4-10(13)15-14-8/h2-4H,1H3,(H3,13,14,15). The second-order valence-corrected chi connectivity index (χ2v) is 3.99. The van der Waals surface area contributed by atoms with Crippen LogP contribution in [0.1, 0.15) is 0 Å². The fourth-order valence-corrected chi connectivity index (χ4v) is 1.86. The van der Waals surface area contributed by atoms with Crippen LogP contribution in [0.25, 0.3) is 11.3 Å². The highest BCUT2D eigenvalue weighted by molar-refractivity contribution is 6.36. The van der Waals surface area contributed by atoms with Crippen LogP contribution in [0.15, 0.2) is 18.2 Å². The zero-order valence-corrected chi connectivity index (χ0v) is 9.93. The van der Waals surface area contributed by atoms with Crippen molar-refractivity contribution in [3.63, 3.8) is 0 Å². The van der Waals surface area contributed by atoms with Crippen molar-refractivity contribution in [3.05, 3.63) is 28.2 Å². The highest BCUT2D eigenvalue weighted by Crippen LogP contribution is 2.36. The molecule has 0 aliphatic heterocycles. The van der Waals surface area contributed by atoms with Gasteiger partial charge >= 0.3 is 0 Å². The van der Waals surface area contributed by atoms with Crippen molar-refractivity contribution >= 4 is 29.0 Å². The highest BCUT2D eigenvalue weighted by Gasteiger charge is 2.11. The summed E-state index contributed by atoms with van der Waals surface area (Å²) >= 11 is 12.1. The second kappa shape index (κ2) is 4.23. The fourth-order valence-electron chi connectivity index (χ4n) is 1.37. The van der Waals surface area contributed by atoms with E-state index in [9.17, 15) is 0 Å². The largest absolute Gasteiger partial charge is 0.495 e. The molecule has 0 aliphatic carbocycles. The van der Waals surface area contributed by atoms with E-state index in [-0.39, 0.29) is 0 Å². The molecule has 0 spiro atoms. The molecule has 0 saturated carbocycles. The van der Waals surface area contributed by atoms with Crippen LogP contribution in [0, 0.1) is 0 Å². The number of halogens is 2. The molecule has 3 N–H and O–H groups in total. The van der Waals surface area contributed by atoms with Crippen molar-refractivity contribution in [2.24, 2.45) is 0 Å². The number of nitrogens with two attached hydrogens (primary N) is 1. The molecule has 0 aliphatic rings. The summed E-state index contributed by atoms with van der Waals surface area (Å²) in [4.78, 5) is 0. The first-order valence-corrected chi connectivity index (χ1v) is 5.21. The van der Waals surface area contributed by atoms with Gasteiger partial charge in [0.25, 0.3) is 0 Å². The first-order chi connectivity index (χ1) is 7.61. The number of nitrogens with one attached hydrogen (secondary N) is 1. The van der Waals surface area contributed by atoms with Crippen LogP contribution in [0.2, 0.25) is 10.0 Å². The van der Waals surface area contributed by atoms with Crippen LogP contribution < -0.4 is 10.5 Å². The lowest BCUT2D eigenvalue weighted by molar-refractivity contribution is 0.415. The number of H-pyrrole nitrogens is 1. The quantitative estimate of drug-likeness (QED) is 0.870. The maximum absolute atomic E-state index is 6.10. The van der Waals surface area contributed by atoms with Crippen LogP contribution in [0.4, 0.5) is 5.82 Å². The molecule has 0 atom stereocenters. The van der Waals surface area contributed by atoms with Crippen LogP contribution in [-0.4, -0.2) is 17.3 Å². The van der Waals surface area contributed by atoms with Gasteiger partial charge in [0.05, 0.1) is 22.8 Å². The number of aromatic amines is 1. The number of nitrogen functional groups attached to an aromatic ring is 1. The summed E-state index contributed by atoms with van der Waals surface area (Å²) in [5, 5.41) is 7.59. The lowest BCUT2D eigenvalue weighted by atomic mass is 10.1. The van der Waals surface area contributed by atoms with Gasteiger partial charge < -0.3 is 10.5 Å². The molecular formula is C10H9Cl2N3O. The number of nitrogens with zero attached hydrogens (tertiary/aromatic N) is 1. The van der Waals surface area contributed by atoms with E-state index in [2.05, 4.69) is 10.2 Å². The van der Waals surface area contributed by atoms with Crippen LogP contribution in [0.3, 0.4) is 0 Å². The Morgan fingerprint density at radius 1 is 1.25 bits per heavy atom. The van der Waals surface area contributed by atoms with Crippen LogP contribution >= 0.6 is 23.2 Å². The van der Waals surface area contributed by atoms with Gasteiger partial charge in [-0.15, -0.1) is 0 Å². The molecule has 0 amide bonds. The lowest BCUT2D eigenvalue weighted by Crippen LogP contribution is -1.87. The number of anilines is 1. The number of methoxy groups -OCH3 is 1. The SMILES string of the molecule is COc1cc(Cl)c(-c2cc(N)n[nH]2)cc1Cl. The topological polar surface area (TPSA) is 63.9 Å². The number of ether oxygens (including phenoxy) is 1. The van der Waals surface area contributed by atoms with Gasteiger partial charge in [-0.3, -0.25) is 5.10 Å². The lowest BCUT2D eigenvalue weighted by Gasteiger charge is -2.07. The number of benzene rings is 1. The number of aromatic nitrogens is 2. The maximum atomic E-state index is 6.10. The number of hydrogen-bond acceptors (Lipinski definition) is 3. The zero-order valence-electron chi connectivity index (χ0n) is 8.42. The summed E-state index contributed by atoms with van der Waals surface area (Å²) in [5.74, 6) is 0.931. The van der Waals surface area contributed by atoms with Crippen molar-refractivity contribution in [2.75, 3.05) is 12.8 Å². The Balaban J connectivity index is 2.54. The van der Waals surface area contributed by atoms with E-state index in [0.717, 1.165) is 5.56 Å². The monoisotopic (exact) mass is 257 g/mol. The molecule has 0 fully saturated rings. The molecule has 16 heavy (non-hydrogen) atoms. The first-order valence-electron chi connectivity index (χ1n) is 4.46. The Bertz CT molecular complexity index is 525. The van der Waals surface area contributed by atoms with Crippen molar-refractivity contribution < 1.29 is 4.74 Å². The molecule has 2 rings (SSSR count). The van der Waals surface area contributed by atoms with Crippen molar-refractivity contribution in [1.29, 1.82) is 0 Å². The molecule has 0 bridgehead atoms. The van der Waals surface area contributed by atoms with Crippen molar-refractivity contribution in [3.8, 4) is 17.0 Å². The third-order valence-electron chi connectivity index (χ3n) is 2.13. The summed E-state index contributed by atoms with van der Waals surface area (Å²) in [6, 6.07) is 5.04. The second-order valence-electron chi connectivity index (χ2n) is 3.17. The summed E-state index contributed by atoms with van der Waals surface area (Å²) in [7, 11) is 1.53. The molecule has 0 radical (unpaired) electrons. The summed E-state index contributed by atoms with van der Waals surface area (Å²) in [6.45, 7) is 0. The van der Waals surface area contributed by atoms with Gasteiger partial charge in [0.1, 0.15) is 11.6 Å². The molecule has 6 heteroatoms. The van der Waals surface area contributed by atoms with E-state index in [1.54, 1.807) is 18.2 Å². The minimum Gasteiger partial charge on any atom is -0.495 e. The summed E-state index contributed by atoms with van der Waals surface area (Å²) in [6.07, 6.45) is 0. The van der Waals surface area contributed by atoms with Gasteiger partial charge in [-0.1, -0.05) is 23.2 Å². The van der Waals surface area contributed by atoms with E-state index < -0.39 is 0 Å². The van der Waals surface area contributed by atoms with Crippen molar-refractivity contribution in [2.45, 2.75) is 0 Å². The van der Waals surface area contributed by atoms with Crippen molar-refractivity contribution in [1.82, 2.24) is 10.2 Å². The minimum atomic E-state index is 0.401. The van der Waals surface area contributed by atoms with Gasteiger partial charge in [0, 0.05) is 17.7 Å². The van der Waals surface area contributed by atoms with Crippen LogP contribution in [0.5, 0.6) is 5.75 Å². The Morgan fingerprint density at radius 2 is 2.00 bits per heavy atom. The molecule has 1 aromatic carbocycles. The molecular weight excluding hydrogens is 249 g/mol. The van der Waals surface area contributed by atoms with Gasteiger partial charge in [0.15, 0.2) is 0 Å². The van der Waals surface area contributed by atoms with Gasteiger partial charge in [-0.2, -0.15) is 5.10 Å². The maximum Gasteiger partial charge on any atom is 0.145 e. The Hall–Kier alpha value is -1.39. The molecule has 84 valence electrons. The highest BCUT2D eigenvalue weighted by atomic mass is 35.5. The summed E-state index contributed by atoms with van der Waals surface area (Å²) in [5.41, 5.74) is 6.96. The van der Waals surface area contributed by atoms with Gasteiger partial charge in [-0.25, -0.2) is 0 Å². The molecule has 2 aromatic rings. The normalized spacial score (nSPS) is 10.4. The number of rotatable bonds is 2. The molecule has 0 saturated heterocycles. The molecule has 4 nitrogen and oxygen atoms in total. The third-order valence-corrected chi connectivity index (χ3v) is 2.74. The van der Waals surface area contributed by atoms with E-state index in [1.165, 1.54) is 7.11 Å². The average molecular weight is 258 g/mol. The predicted octanol–water partition coefficient (Wildman–Crippen LogP) is 2.97. The van der Waals surface area contributed by atoms with E-state index >= 15 is 0 Å². The number of hydrogen-bond donors (Lipinski definition) is 2. The molecule has 1 aromatic heterocycles. The summed E-state index contributed by atoms with van der Waals surface area (Å²) < 4.78 is 5.05. The van der Waals surface area contributed by atoms with E-state index in [1.807, 2.05) is 0 Å². The first kappa shape index (κ1) is 11.1. The zero-order chi connectivity index (χ0) is 11.7. The Morgan fingerprint density at radius 3 is 2.56 bits per heavy atom. The Kier molecular flexibility index (Phi) is 2.94. The van der Waals surface area contributed by atoms with Gasteiger partial charge in [-0.05, 0) is 6.07 Å². The predicted molar refractivity (Wildman–Crippen MR) is 65.0 cm³/mol. The van der Waals surface area contributed by atoms with E-state index in [4.69, 9.17) is 33.7 Å². The van der Waals surface area contributed by atoms with Crippen LogP contribution in [-0.2, 0) is 0 Å².